The van der Waals surface area contributed by atoms with E-state index in [0.717, 1.165) is 10.1 Å². The summed E-state index contributed by atoms with van der Waals surface area (Å²) in [6.45, 7) is -0.667. The molecule has 0 radical (unpaired) electrons. The van der Waals surface area contributed by atoms with Crippen molar-refractivity contribution in [3.05, 3.63) is 69.1 Å². The highest BCUT2D eigenvalue weighted by atomic mass is 19.1. The number of aliphatic hydroxyl groups is 2. The number of azide groups is 1. The lowest BCUT2D eigenvalue weighted by molar-refractivity contribution is -0.129. The number of ether oxygens (including phenoxy) is 2. The molecular weight excluding hydrogens is 427 g/mol. The molecule has 3 rings (SSSR count). The summed E-state index contributed by atoms with van der Waals surface area (Å²) >= 11 is 0. The van der Waals surface area contributed by atoms with Crippen LogP contribution in [-0.2, 0) is 20.7 Å². The first-order valence-corrected chi connectivity index (χ1v) is 9.56. The van der Waals surface area contributed by atoms with Crippen LogP contribution in [0, 0.1) is 0 Å². The van der Waals surface area contributed by atoms with E-state index in [2.05, 4.69) is 20.3 Å². The molecule has 2 heterocycles. The van der Waals surface area contributed by atoms with Gasteiger partial charge in [-0.1, -0.05) is 35.4 Å². The van der Waals surface area contributed by atoms with E-state index in [0.29, 0.717) is 12.9 Å². The first-order chi connectivity index (χ1) is 15.4. The normalized spacial score (nSPS) is 25.5. The predicted octanol–water partition coefficient (Wildman–Crippen LogP) is 0.666. The van der Waals surface area contributed by atoms with E-state index in [9.17, 15) is 24.2 Å². The van der Waals surface area contributed by atoms with Crippen LogP contribution in [0.1, 0.15) is 11.8 Å². The first-order valence-electron chi connectivity index (χ1n) is 9.56. The van der Waals surface area contributed by atoms with Gasteiger partial charge in [-0.15, -0.1) is 0 Å². The van der Waals surface area contributed by atoms with Crippen molar-refractivity contribution >= 4 is 12.3 Å². The van der Waals surface area contributed by atoms with Crippen LogP contribution in [-0.4, -0.2) is 63.5 Å². The number of nitrogens with zero attached hydrogens (tertiary/aromatic N) is 5. The molecule has 3 N–H and O–H groups in total. The number of alkyl halides is 1. The standard InChI is InChI=1S/C19H21FN6O6/c20-15-16(29)19(10-27,24-25-21)32-17(15)26-7-6-14(23-18(26)30)22-13(9-31-11-28)8-12-4-2-1-3-5-12/h1-7,11,13,15-17,27,29H,8-10H2,(H,22,23,30)/t13-,15-,16?,17?,19+/m0/s1. The maximum absolute atomic E-state index is 14.6. The molecule has 0 saturated carbocycles. The molecule has 1 aliphatic heterocycles. The van der Waals surface area contributed by atoms with Gasteiger partial charge in [0.2, 0.25) is 5.72 Å². The molecule has 0 aliphatic carbocycles. The lowest BCUT2D eigenvalue weighted by atomic mass is 10.1. The monoisotopic (exact) mass is 448 g/mol. The van der Waals surface area contributed by atoms with Gasteiger partial charge in [0.1, 0.15) is 18.5 Å². The van der Waals surface area contributed by atoms with Gasteiger partial charge >= 0.3 is 5.69 Å². The maximum Gasteiger partial charge on any atom is 0.351 e. The summed E-state index contributed by atoms with van der Waals surface area (Å²) in [4.78, 5) is 29.4. The SMILES string of the molecule is [N-]=[N+]=N[C@]1(CO)OC(n2ccc(N[C@H](COC=O)Cc3ccccc3)nc2=O)[C@@H](F)C1O. The Morgan fingerprint density at radius 1 is 1.44 bits per heavy atom. The third kappa shape index (κ3) is 4.86. The highest BCUT2D eigenvalue weighted by Gasteiger charge is 2.56. The van der Waals surface area contributed by atoms with Crippen molar-refractivity contribution in [3.63, 3.8) is 0 Å². The summed E-state index contributed by atoms with van der Waals surface area (Å²) in [5.74, 6) is 0.138. The Kier molecular flexibility index (Phi) is 7.38. The largest absolute Gasteiger partial charge is 0.466 e. The molecule has 5 atom stereocenters. The number of aromatic nitrogens is 2. The Bertz CT molecular complexity index is 1030. The van der Waals surface area contributed by atoms with E-state index < -0.39 is 42.6 Å². The third-order valence-electron chi connectivity index (χ3n) is 4.95. The van der Waals surface area contributed by atoms with Crippen molar-refractivity contribution in [1.82, 2.24) is 9.55 Å². The summed E-state index contributed by atoms with van der Waals surface area (Å²) < 4.78 is 25.5. The zero-order chi connectivity index (χ0) is 23.1. The van der Waals surface area contributed by atoms with Crippen LogP contribution in [0.5, 0.6) is 0 Å². The summed E-state index contributed by atoms with van der Waals surface area (Å²) in [5.41, 5.74) is 6.42. The van der Waals surface area contributed by atoms with Gasteiger partial charge in [0, 0.05) is 11.1 Å². The van der Waals surface area contributed by atoms with Crippen LogP contribution in [0.3, 0.4) is 0 Å². The first kappa shape index (κ1) is 23.2. The molecule has 1 saturated heterocycles. The second kappa shape index (κ2) is 10.2. The van der Waals surface area contributed by atoms with Crippen molar-refractivity contribution in [1.29, 1.82) is 0 Å². The molecule has 170 valence electrons. The van der Waals surface area contributed by atoms with E-state index in [-0.39, 0.29) is 12.4 Å². The second-order valence-corrected chi connectivity index (χ2v) is 7.05. The number of benzene rings is 1. The van der Waals surface area contributed by atoms with Gasteiger partial charge in [-0.3, -0.25) is 9.36 Å². The number of carbonyl (C=O) groups is 1. The van der Waals surface area contributed by atoms with Crippen LogP contribution >= 0.6 is 0 Å². The summed E-state index contributed by atoms with van der Waals surface area (Å²) in [6, 6.07) is 10.3. The molecule has 1 aromatic heterocycles. The molecule has 0 amide bonds. The van der Waals surface area contributed by atoms with E-state index >= 15 is 0 Å². The molecule has 2 unspecified atom stereocenters. The van der Waals surface area contributed by atoms with Gasteiger partial charge < -0.3 is 25.0 Å². The van der Waals surface area contributed by atoms with Crippen LogP contribution < -0.4 is 11.0 Å². The van der Waals surface area contributed by atoms with E-state index in [1.54, 1.807) is 0 Å². The van der Waals surface area contributed by atoms with Crippen molar-refractivity contribution in [3.8, 4) is 0 Å². The molecule has 1 aliphatic rings. The van der Waals surface area contributed by atoms with E-state index in [1.165, 1.54) is 12.3 Å². The Morgan fingerprint density at radius 2 is 2.19 bits per heavy atom. The number of aliphatic hydroxyl groups excluding tert-OH is 2. The number of halogens is 1. The molecule has 1 aromatic carbocycles. The van der Waals surface area contributed by atoms with Gasteiger partial charge in [-0.25, -0.2) is 9.18 Å². The molecule has 2 aromatic rings. The van der Waals surface area contributed by atoms with Crippen LogP contribution in [0.4, 0.5) is 10.2 Å². The number of carbonyl (C=O) groups excluding carboxylic acids is 1. The summed E-state index contributed by atoms with van der Waals surface area (Å²) in [7, 11) is 0. The van der Waals surface area contributed by atoms with E-state index in [4.69, 9.17) is 15.0 Å². The quantitative estimate of drug-likeness (QED) is 0.206. The van der Waals surface area contributed by atoms with Gasteiger partial charge in [0.15, 0.2) is 12.4 Å². The molecular formula is C19H21FN6O6. The Morgan fingerprint density at radius 3 is 2.81 bits per heavy atom. The fraction of sp³-hybridized carbons (Fsp3) is 0.421. The summed E-state index contributed by atoms with van der Waals surface area (Å²) in [5, 5.41) is 25.6. The smallest absolute Gasteiger partial charge is 0.351 e. The van der Waals surface area contributed by atoms with Gasteiger partial charge in [-0.2, -0.15) is 4.98 Å². The fourth-order valence-corrected chi connectivity index (χ4v) is 3.38. The molecule has 0 spiro atoms. The van der Waals surface area contributed by atoms with Crippen molar-refractivity contribution in [2.75, 3.05) is 18.5 Å². The van der Waals surface area contributed by atoms with Crippen molar-refractivity contribution in [2.45, 2.75) is 36.7 Å². The number of hydrogen-bond acceptors (Lipinski definition) is 9. The number of anilines is 1. The lowest BCUT2D eigenvalue weighted by Crippen LogP contribution is -2.43. The maximum atomic E-state index is 14.6. The number of nitrogens with one attached hydrogen (secondary N) is 1. The average molecular weight is 448 g/mol. The number of hydrogen-bond donors (Lipinski definition) is 3. The van der Waals surface area contributed by atoms with Crippen LogP contribution in [0.15, 0.2) is 52.5 Å². The minimum atomic E-state index is -2.26. The average Bonchev–Trinajstić information content (AvgIpc) is 3.04. The Labute approximate surface area is 180 Å². The lowest BCUT2D eigenvalue weighted by Gasteiger charge is -2.23. The second-order valence-electron chi connectivity index (χ2n) is 7.05. The van der Waals surface area contributed by atoms with Crippen molar-refractivity contribution in [2.24, 2.45) is 5.11 Å². The van der Waals surface area contributed by atoms with E-state index in [1.807, 2.05) is 30.3 Å². The number of rotatable bonds is 10. The minimum absolute atomic E-state index is 0.0127. The fourth-order valence-electron chi connectivity index (χ4n) is 3.38. The van der Waals surface area contributed by atoms with Gasteiger partial charge in [0.05, 0.1) is 12.6 Å². The molecule has 0 bridgehead atoms. The highest BCUT2D eigenvalue weighted by Crippen LogP contribution is 2.39. The van der Waals surface area contributed by atoms with Crippen LogP contribution in [0.2, 0.25) is 0 Å². The van der Waals surface area contributed by atoms with Gasteiger partial charge in [0.25, 0.3) is 6.47 Å². The zero-order valence-electron chi connectivity index (χ0n) is 16.7. The highest BCUT2D eigenvalue weighted by molar-refractivity contribution is 5.38. The van der Waals surface area contributed by atoms with Gasteiger partial charge in [-0.05, 0) is 23.6 Å². The minimum Gasteiger partial charge on any atom is -0.466 e. The zero-order valence-corrected chi connectivity index (χ0v) is 16.7. The van der Waals surface area contributed by atoms with Crippen LogP contribution in [0.25, 0.3) is 10.4 Å². The Balaban J connectivity index is 1.80. The molecule has 12 nitrogen and oxygen atoms in total. The topological polar surface area (TPSA) is 172 Å². The summed E-state index contributed by atoms with van der Waals surface area (Å²) in [6.07, 6.45) is -4.18. The third-order valence-corrected chi connectivity index (χ3v) is 4.95. The van der Waals surface area contributed by atoms with Crippen molar-refractivity contribution < 1.29 is 28.9 Å². The molecule has 13 heteroatoms. The molecule has 32 heavy (non-hydrogen) atoms. The predicted molar refractivity (Wildman–Crippen MR) is 108 cm³/mol. The Hall–Kier alpha value is -3.51. The molecule has 1 fully saturated rings.